The standard InChI is InChI=1S/C23H24N4O5/c1-16-2-6-18(7-3-16)24-21-20(17-4-8-19(9-5-17)27(30)31)22(28)26(23(21)29)11-10-25-12-14-32-15-13-25/h2-9,24H,10-15H2,1H3. The van der Waals surface area contributed by atoms with Crippen molar-refractivity contribution < 1.29 is 19.2 Å². The van der Waals surface area contributed by atoms with Crippen LogP contribution in [0.2, 0.25) is 0 Å². The Kier molecular flexibility index (Phi) is 6.29. The minimum absolute atomic E-state index is 0.0802. The summed E-state index contributed by atoms with van der Waals surface area (Å²) >= 11 is 0. The van der Waals surface area contributed by atoms with Gasteiger partial charge in [0, 0.05) is 44.0 Å². The number of aryl methyl sites for hydroxylation is 1. The van der Waals surface area contributed by atoms with Gasteiger partial charge in [0.25, 0.3) is 17.5 Å². The summed E-state index contributed by atoms with van der Waals surface area (Å²) in [6.07, 6.45) is 0. The Hall–Kier alpha value is -3.56. The molecule has 166 valence electrons. The van der Waals surface area contributed by atoms with Crippen molar-refractivity contribution in [3.63, 3.8) is 0 Å². The van der Waals surface area contributed by atoms with Crippen molar-refractivity contribution in [1.29, 1.82) is 0 Å². The fraction of sp³-hybridized carbons (Fsp3) is 0.304. The Bertz CT molecular complexity index is 1060. The number of anilines is 1. The van der Waals surface area contributed by atoms with E-state index in [1.54, 1.807) is 0 Å². The average Bonchev–Trinajstić information content (AvgIpc) is 3.03. The third-order valence-electron chi connectivity index (χ3n) is 5.60. The van der Waals surface area contributed by atoms with E-state index in [2.05, 4.69) is 10.2 Å². The normalized spacial score (nSPS) is 17.2. The summed E-state index contributed by atoms with van der Waals surface area (Å²) in [5, 5.41) is 14.1. The van der Waals surface area contributed by atoms with Crippen LogP contribution in [0.4, 0.5) is 11.4 Å². The lowest BCUT2D eigenvalue weighted by Gasteiger charge is -2.28. The van der Waals surface area contributed by atoms with Crippen LogP contribution in [0.15, 0.2) is 54.2 Å². The first-order valence-electron chi connectivity index (χ1n) is 10.4. The van der Waals surface area contributed by atoms with Crippen LogP contribution < -0.4 is 5.32 Å². The number of non-ortho nitro benzene ring substituents is 1. The molecule has 9 heteroatoms. The zero-order valence-corrected chi connectivity index (χ0v) is 17.7. The van der Waals surface area contributed by atoms with Gasteiger partial charge >= 0.3 is 0 Å². The molecular weight excluding hydrogens is 412 g/mol. The van der Waals surface area contributed by atoms with Crippen LogP contribution in [0.1, 0.15) is 11.1 Å². The largest absolute Gasteiger partial charge is 0.379 e. The van der Waals surface area contributed by atoms with Gasteiger partial charge in [-0.3, -0.25) is 29.5 Å². The van der Waals surface area contributed by atoms with Gasteiger partial charge in [-0.05, 0) is 36.8 Å². The molecule has 2 aliphatic rings. The monoisotopic (exact) mass is 436 g/mol. The average molecular weight is 436 g/mol. The minimum atomic E-state index is -0.500. The Labute approximate surface area is 185 Å². The van der Waals surface area contributed by atoms with E-state index in [9.17, 15) is 19.7 Å². The van der Waals surface area contributed by atoms with Gasteiger partial charge in [-0.2, -0.15) is 0 Å². The number of amides is 2. The quantitative estimate of drug-likeness (QED) is 0.404. The number of rotatable bonds is 7. The lowest BCUT2D eigenvalue weighted by molar-refractivity contribution is -0.384. The van der Waals surface area contributed by atoms with Crippen LogP contribution in [-0.4, -0.2) is 65.9 Å². The number of nitrogens with one attached hydrogen (secondary N) is 1. The molecule has 1 N–H and O–H groups in total. The molecular formula is C23H24N4O5. The van der Waals surface area contributed by atoms with E-state index in [4.69, 9.17) is 4.74 Å². The second kappa shape index (κ2) is 9.29. The third kappa shape index (κ3) is 4.53. The Morgan fingerprint density at radius 2 is 1.62 bits per heavy atom. The fourth-order valence-electron chi connectivity index (χ4n) is 3.76. The molecule has 32 heavy (non-hydrogen) atoms. The van der Waals surface area contributed by atoms with Gasteiger partial charge in [-0.15, -0.1) is 0 Å². The second-order valence-corrected chi connectivity index (χ2v) is 7.76. The van der Waals surface area contributed by atoms with Gasteiger partial charge in [0.15, 0.2) is 0 Å². The van der Waals surface area contributed by atoms with Gasteiger partial charge < -0.3 is 10.1 Å². The molecule has 0 unspecified atom stereocenters. The van der Waals surface area contributed by atoms with Crippen LogP contribution in [0.25, 0.3) is 5.57 Å². The highest BCUT2D eigenvalue weighted by molar-refractivity contribution is 6.36. The van der Waals surface area contributed by atoms with Gasteiger partial charge in [-0.25, -0.2) is 0 Å². The highest BCUT2D eigenvalue weighted by Crippen LogP contribution is 2.31. The molecule has 0 atom stereocenters. The summed E-state index contributed by atoms with van der Waals surface area (Å²) in [5.74, 6) is -0.816. The molecule has 0 aliphatic carbocycles. The molecule has 0 aromatic heterocycles. The molecule has 9 nitrogen and oxygen atoms in total. The van der Waals surface area contributed by atoms with Crippen LogP contribution in [0.3, 0.4) is 0 Å². The summed E-state index contributed by atoms with van der Waals surface area (Å²) in [5.41, 5.74) is 2.52. The van der Waals surface area contributed by atoms with Crippen molar-refractivity contribution in [2.45, 2.75) is 6.92 Å². The molecule has 2 heterocycles. The van der Waals surface area contributed by atoms with Crippen molar-refractivity contribution in [2.24, 2.45) is 0 Å². The maximum Gasteiger partial charge on any atom is 0.278 e. The number of benzene rings is 2. The molecule has 4 rings (SSSR count). The topological polar surface area (TPSA) is 105 Å². The predicted molar refractivity (Wildman–Crippen MR) is 119 cm³/mol. The number of nitro benzene ring substituents is 1. The van der Waals surface area contributed by atoms with E-state index in [0.717, 1.165) is 18.7 Å². The Balaban J connectivity index is 1.63. The van der Waals surface area contributed by atoms with Crippen LogP contribution in [-0.2, 0) is 14.3 Å². The van der Waals surface area contributed by atoms with Crippen LogP contribution >= 0.6 is 0 Å². The molecule has 2 aromatic carbocycles. The maximum absolute atomic E-state index is 13.3. The summed E-state index contributed by atoms with van der Waals surface area (Å²) in [4.78, 5) is 40.4. The Morgan fingerprint density at radius 1 is 0.969 bits per heavy atom. The summed E-state index contributed by atoms with van der Waals surface area (Å²) in [7, 11) is 0. The lowest BCUT2D eigenvalue weighted by Crippen LogP contribution is -2.43. The number of carbonyl (C=O) groups is 2. The molecule has 1 fully saturated rings. The van der Waals surface area contributed by atoms with E-state index < -0.39 is 16.7 Å². The number of hydrogen-bond acceptors (Lipinski definition) is 7. The molecule has 0 bridgehead atoms. The SMILES string of the molecule is Cc1ccc(NC2=C(c3ccc([N+](=O)[O-])cc3)C(=O)N(CCN3CCOCC3)C2=O)cc1. The highest BCUT2D eigenvalue weighted by atomic mass is 16.6. The molecule has 2 amide bonds. The summed E-state index contributed by atoms with van der Waals surface area (Å²) < 4.78 is 5.35. The first-order valence-corrected chi connectivity index (χ1v) is 10.4. The van der Waals surface area contributed by atoms with Gasteiger partial charge in [0.05, 0.1) is 23.7 Å². The second-order valence-electron chi connectivity index (χ2n) is 7.76. The van der Waals surface area contributed by atoms with E-state index in [1.165, 1.54) is 29.2 Å². The number of nitro groups is 1. The van der Waals surface area contributed by atoms with Crippen LogP contribution in [0.5, 0.6) is 0 Å². The van der Waals surface area contributed by atoms with Crippen molar-refractivity contribution in [2.75, 3.05) is 44.7 Å². The zero-order chi connectivity index (χ0) is 22.7. The van der Waals surface area contributed by atoms with Crippen molar-refractivity contribution >= 4 is 28.8 Å². The van der Waals surface area contributed by atoms with Crippen LogP contribution in [0, 0.1) is 17.0 Å². The Morgan fingerprint density at radius 3 is 2.25 bits per heavy atom. The number of nitrogens with zero attached hydrogens (tertiary/aromatic N) is 3. The summed E-state index contributed by atoms with van der Waals surface area (Å²) in [6.45, 7) is 5.56. The number of morpholine rings is 1. The number of hydrogen-bond donors (Lipinski definition) is 1. The lowest BCUT2D eigenvalue weighted by atomic mass is 10.0. The molecule has 0 spiro atoms. The molecule has 0 radical (unpaired) electrons. The van der Waals surface area contributed by atoms with E-state index in [1.807, 2.05) is 31.2 Å². The zero-order valence-electron chi connectivity index (χ0n) is 17.7. The molecule has 2 aliphatic heterocycles. The number of ether oxygens (including phenoxy) is 1. The van der Waals surface area contributed by atoms with E-state index in [-0.39, 0.29) is 23.5 Å². The first kappa shape index (κ1) is 21.7. The van der Waals surface area contributed by atoms with Gasteiger partial charge in [0.1, 0.15) is 5.70 Å². The van der Waals surface area contributed by atoms with E-state index >= 15 is 0 Å². The van der Waals surface area contributed by atoms with Crippen molar-refractivity contribution in [1.82, 2.24) is 9.80 Å². The number of imide groups is 1. The molecule has 0 saturated carbocycles. The summed E-state index contributed by atoms with van der Waals surface area (Å²) in [6, 6.07) is 13.2. The predicted octanol–water partition coefficient (Wildman–Crippen LogP) is 2.43. The maximum atomic E-state index is 13.3. The van der Waals surface area contributed by atoms with Crippen molar-refractivity contribution in [3.05, 3.63) is 75.5 Å². The fourth-order valence-corrected chi connectivity index (χ4v) is 3.76. The highest BCUT2D eigenvalue weighted by Gasteiger charge is 2.39. The number of carbonyl (C=O) groups excluding carboxylic acids is 2. The third-order valence-corrected chi connectivity index (χ3v) is 5.60. The smallest absolute Gasteiger partial charge is 0.278 e. The van der Waals surface area contributed by atoms with Gasteiger partial charge in [0.2, 0.25) is 0 Å². The molecule has 2 aromatic rings. The van der Waals surface area contributed by atoms with E-state index in [0.29, 0.717) is 31.0 Å². The first-order chi connectivity index (χ1) is 15.4. The minimum Gasteiger partial charge on any atom is -0.379 e. The molecule has 1 saturated heterocycles. The van der Waals surface area contributed by atoms with Crippen molar-refractivity contribution in [3.8, 4) is 0 Å². The van der Waals surface area contributed by atoms with Gasteiger partial charge in [-0.1, -0.05) is 17.7 Å².